The maximum Gasteiger partial charge on any atom is 0.225 e. The standard InChI is InChI=1S/C8H3BrClN5S/c9-4-1-16-6-5(4)13-8(10)14-7(6)15-3-11-2-12-15/h1-3H. The Morgan fingerprint density at radius 3 is 3.00 bits per heavy atom. The van der Waals surface area contributed by atoms with Crippen molar-refractivity contribution in [1.29, 1.82) is 0 Å². The second kappa shape index (κ2) is 3.76. The van der Waals surface area contributed by atoms with Crippen molar-refractivity contribution in [3.8, 4) is 5.82 Å². The average molecular weight is 317 g/mol. The fraction of sp³-hybridized carbons (Fsp3) is 0. The van der Waals surface area contributed by atoms with Crippen molar-refractivity contribution in [1.82, 2.24) is 24.7 Å². The molecule has 8 heteroatoms. The highest BCUT2D eigenvalue weighted by molar-refractivity contribution is 9.10. The molecule has 3 aromatic rings. The number of hydrogen-bond donors (Lipinski definition) is 0. The van der Waals surface area contributed by atoms with Gasteiger partial charge in [0.1, 0.15) is 18.2 Å². The molecule has 16 heavy (non-hydrogen) atoms. The number of fused-ring (bicyclic) bond motifs is 1. The van der Waals surface area contributed by atoms with E-state index in [1.54, 1.807) is 11.0 Å². The molecule has 80 valence electrons. The lowest BCUT2D eigenvalue weighted by Gasteiger charge is -2.01. The van der Waals surface area contributed by atoms with Crippen LogP contribution in [0.15, 0.2) is 22.5 Å². The zero-order valence-electron chi connectivity index (χ0n) is 7.63. The highest BCUT2D eigenvalue weighted by Crippen LogP contribution is 2.32. The van der Waals surface area contributed by atoms with E-state index in [-0.39, 0.29) is 5.28 Å². The van der Waals surface area contributed by atoms with Crippen LogP contribution in [0.5, 0.6) is 0 Å². The smallest absolute Gasteiger partial charge is 0.223 e. The lowest BCUT2D eigenvalue weighted by atomic mass is 10.4. The van der Waals surface area contributed by atoms with Gasteiger partial charge in [-0.05, 0) is 27.5 Å². The molecular weight excluding hydrogens is 314 g/mol. The highest BCUT2D eigenvalue weighted by atomic mass is 79.9. The van der Waals surface area contributed by atoms with Gasteiger partial charge >= 0.3 is 0 Å². The molecule has 0 saturated carbocycles. The van der Waals surface area contributed by atoms with E-state index in [1.807, 2.05) is 5.38 Å². The Balaban J connectivity index is 2.39. The first-order chi connectivity index (χ1) is 7.75. The fourth-order valence-corrected chi connectivity index (χ4v) is 3.03. The minimum Gasteiger partial charge on any atom is -0.223 e. The molecule has 0 spiro atoms. The number of halogens is 2. The topological polar surface area (TPSA) is 56.5 Å². The molecule has 0 amide bonds. The molecule has 0 unspecified atom stereocenters. The lowest BCUT2D eigenvalue weighted by molar-refractivity contribution is 0.851. The van der Waals surface area contributed by atoms with Crippen LogP contribution < -0.4 is 0 Å². The third kappa shape index (κ3) is 1.51. The maximum atomic E-state index is 5.87. The highest BCUT2D eigenvalue weighted by Gasteiger charge is 2.13. The molecule has 0 aliphatic heterocycles. The molecule has 0 N–H and O–H groups in total. The monoisotopic (exact) mass is 315 g/mol. The molecular formula is C8H3BrClN5S. The summed E-state index contributed by atoms with van der Waals surface area (Å²) in [5.74, 6) is 0.642. The van der Waals surface area contributed by atoms with Gasteiger partial charge < -0.3 is 0 Å². The van der Waals surface area contributed by atoms with Crippen LogP contribution >= 0.6 is 38.9 Å². The van der Waals surface area contributed by atoms with Crippen LogP contribution in [0, 0.1) is 0 Å². The SMILES string of the molecule is Clc1nc(-n2cncn2)c2scc(Br)c2n1. The van der Waals surface area contributed by atoms with E-state index in [9.17, 15) is 0 Å². The van der Waals surface area contributed by atoms with Gasteiger partial charge in [0.25, 0.3) is 0 Å². The Kier molecular flexibility index (Phi) is 2.38. The summed E-state index contributed by atoms with van der Waals surface area (Å²) in [6.07, 6.45) is 3.02. The first kappa shape index (κ1) is 10.1. The van der Waals surface area contributed by atoms with Gasteiger partial charge in [0.15, 0.2) is 5.82 Å². The molecule has 3 heterocycles. The van der Waals surface area contributed by atoms with Crippen molar-refractivity contribution in [3.63, 3.8) is 0 Å². The number of thiophene rings is 1. The van der Waals surface area contributed by atoms with Crippen molar-refractivity contribution in [2.45, 2.75) is 0 Å². The van der Waals surface area contributed by atoms with Crippen molar-refractivity contribution < 1.29 is 0 Å². The first-order valence-electron chi connectivity index (χ1n) is 4.21. The molecule has 0 saturated heterocycles. The van der Waals surface area contributed by atoms with E-state index < -0.39 is 0 Å². The van der Waals surface area contributed by atoms with Gasteiger partial charge in [-0.15, -0.1) is 11.3 Å². The van der Waals surface area contributed by atoms with Crippen LogP contribution in [0.4, 0.5) is 0 Å². The predicted molar refractivity (Wildman–Crippen MR) is 65.0 cm³/mol. The Labute approximate surface area is 107 Å². The summed E-state index contributed by atoms with van der Waals surface area (Å²) in [5, 5.41) is 6.17. The minimum absolute atomic E-state index is 0.192. The summed E-state index contributed by atoms with van der Waals surface area (Å²) in [4.78, 5) is 12.2. The van der Waals surface area contributed by atoms with Gasteiger partial charge in [0.2, 0.25) is 5.28 Å². The normalized spacial score (nSPS) is 11.1. The molecule has 0 bridgehead atoms. The van der Waals surface area contributed by atoms with Gasteiger partial charge in [-0.3, -0.25) is 0 Å². The predicted octanol–water partition coefficient (Wildman–Crippen LogP) is 2.69. The summed E-state index contributed by atoms with van der Waals surface area (Å²) < 4.78 is 3.39. The van der Waals surface area contributed by atoms with Crippen molar-refractivity contribution >= 4 is 49.1 Å². The molecule has 0 fully saturated rings. The van der Waals surface area contributed by atoms with Crippen LogP contribution in [0.1, 0.15) is 0 Å². The van der Waals surface area contributed by atoms with Gasteiger partial charge in [0, 0.05) is 5.38 Å². The molecule has 0 atom stereocenters. The number of aromatic nitrogens is 5. The van der Waals surface area contributed by atoms with Crippen LogP contribution in [-0.4, -0.2) is 24.7 Å². The third-order valence-corrected chi connectivity index (χ3v) is 4.00. The van der Waals surface area contributed by atoms with Crippen molar-refractivity contribution in [2.24, 2.45) is 0 Å². The molecule has 5 nitrogen and oxygen atoms in total. The van der Waals surface area contributed by atoms with E-state index in [4.69, 9.17) is 11.6 Å². The third-order valence-electron chi connectivity index (χ3n) is 1.96. The molecule has 3 rings (SSSR count). The Morgan fingerprint density at radius 1 is 1.38 bits per heavy atom. The Morgan fingerprint density at radius 2 is 2.25 bits per heavy atom. The second-order valence-corrected chi connectivity index (χ2v) is 4.99. The largest absolute Gasteiger partial charge is 0.225 e. The zero-order valence-corrected chi connectivity index (χ0v) is 10.8. The maximum absolute atomic E-state index is 5.87. The lowest BCUT2D eigenvalue weighted by Crippen LogP contribution is -1.99. The zero-order chi connectivity index (χ0) is 11.1. The van der Waals surface area contributed by atoms with Crippen LogP contribution in [0.2, 0.25) is 5.28 Å². The number of nitrogens with zero attached hydrogens (tertiary/aromatic N) is 5. The fourth-order valence-electron chi connectivity index (χ4n) is 1.32. The van der Waals surface area contributed by atoms with Gasteiger partial charge in [-0.25, -0.2) is 14.6 Å². The average Bonchev–Trinajstić information content (AvgIpc) is 2.88. The molecule has 3 aromatic heterocycles. The van der Waals surface area contributed by atoms with E-state index in [1.165, 1.54) is 17.7 Å². The minimum atomic E-state index is 0.192. The molecule has 0 aromatic carbocycles. The van der Waals surface area contributed by atoms with Crippen LogP contribution in [0.3, 0.4) is 0 Å². The van der Waals surface area contributed by atoms with E-state index >= 15 is 0 Å². The van der Waals surface area contributed by atoms with E-state index in [0.717, 1.165) is 14.7 Å². The summed E-state index contributed by atoms with van der Waals surface area (Å²) in [7, 11) is 0. The molecule has 0 aliphatic carbocycles. The molecule has 0 radical (unpaired) electrons. The Hall–Kier alpha value is -1.05. The summed E-state index contributed by atoms with van der Waals surface area (Å²) in [5.41, 5.74) is 0.788. The van der Waals surface area contributed by atoms with Gasteiger partial charge in [-0.2, -0.15) is 10.1 Å². The van der Waals surface area contributed by atoms with Crippen molar-refractivity contribution in [3.05, 3.63) is 27.8 Å². The van der Waals surface area contributed by atoms with Gasteiger partial charge in [0.05, 0.1) is 9.17 Å². The summed E-state index contributed by atoms with van der Waals surface area (Å²) in [6, 6.07) is 0. The summed E-state index contributed by atoms with van der Waals surface area (Å²) in [6.45, 7) is 0. The summed E-state index contributed by atoms with van der Waals surface area (Å²) >= 11 is 10.8. The quantitative estimate of drug-likeness (QED) is 0.648. The van der Waals surface area contributed by atoms with Crippen LogP contribution in [-0.2, 0) is 0 Å². The second-order valence-electron chi connectivity index (χ2n) is 2.92. The van der Waals surface area contributed by atoms with Crippen molar-refractivity contribution in [2.75, 3.05) is 0 Å². The Bertz CT molecular complexity index is 650. The van der Waals surface area contributed by atoms with E-state index in [0.29, 0.717) is 5.82 Å². The molecule has 0 aliphatic rings. The number of hydrogen-bond acceptors (Lipinski definition) is 5. The van der Waals surface area contributed by atoms with Gasteiger partial charge in [-0.1, -0.05) is 0 Å². The van der Waals surface area contributed by atoms with Crippen LogP contribution in [0.25, 0.3) is 16.0 Å². The number of rotatable bonds is 1. The van der Waals surface area contributed by atoms with E-state index in [2.05, 4.69) is 36.0 Å². The first-order valence-corrected chi connectivity index (χ1v) is 6.26.